The maximum atomic E-state index is 12.6. The summed E-state index contributed by atoms with van der Waals surface area (Å²) >= 11 is 0. The number of rotatable bonds is 2. The topological polar surface area (TPSA) is 32.7 Å². The number of carbonyl (C=O) groups is 1. The molecule has 1 heterocycles. The van der Waals surface area contributed by atoms with Gasteiger partial charge >= 0.3 is 0 Å². The lowest BCUT2D eigenvalue weighted by Crippen LogP contribution is -2.35. The average molecular weight is 264 g/mol. The SMILES string of the molecule is CC1CN(C(=O)c2ccccc2)C(c2ccccc2)=N1. The first-order valence-electron chi connectivity index (χ1n) is 6.76. The summed E-state index contributed by atoms with van der Waals surface area (Å²) in [5.74, 6) is 0.782. The minimum absolute atomic E-state index is 0.0116. The van der Waals surface area contributed by atoms with Crippen LogP contribution in [0.15, 0.2) is 65.7 Å². The van der Waals surface area contributed by atoms with Crippen LogP contribution in [0.25, 0.3) is 0 Å². The van der Waals surface area contributed by atoms with Crippen LogP contribution in [0.1, 0.15) is 22.8 Å². The van der Waals surface area contributed by atoms with Crippen molar-refractivity contribution in [2.24, 2.45) is 4.99 Å². The Labute approximate surface area is 118 Å². The standard InChI is InChI=1S/C17H16N2O/c1-13-12-19(17(20)15-10-6-3-7-11-15)16(18-13)14-8-4-2-5-9-14/h2-11,13H,12H2,1H3. The van der Waals surface area contributed by atoms with Crippen LogP contribution in [-0.4, -0.2) is 29.2 Å². The highest BCUT2D eigenvalue weighted by molar-refractivity contribution is 6.13. The molecule has 0 saturated heterocycles. The fourth-order valence-corrected chi connectivity index (χ4v) is 2.40. The van der Waals surface area contributed by atoms with Crippen molar-refractivity contribution in [2.45, 2.75) is 13.0 Å². The summed E-state index contributed by atoms with van der Waals surface area (Å²) in [5, 5.41) is 0. The first-order chi connectivity index (χ1) is 9.75. The highest BCUT2D eigenvalue weighted by atomic mass is 16.2. The van der Waals surface area contributed by atoms with Gasteiger partial charge in [0.1, 0.15) is 5.84 Å². The summed E-state index contributed by atoms with van der Waals surface area (Å²) in [6, 6.07) is 19.4. The predicted molar refractivity (Wildman–Crippen MR) is 79.9 cm³/mol. The van der Waals surface area contributed by atoms with Crippen LogP contribution in [0.4, 0.5) is 0 Å². The number of amides is 1. The quantitative estimate of drug-likeness (QED) is 0.820. The summed E-state index contributed by atoms with van der Waals surface area (Å²) in [6.07, 6.45) is 0. The van der Waals surface area contributed by atoms with E-state index in [-0.39, 0.29) is 11.9 Å². The Morgan fingerprint density at radius 2 is 1.65 bits per heavy atom. The molecule has 1 aliphatic rings. The Kier molecular flexibility index (Phi) is 3.33. The number of hydrogen-bond donors (Lipinski definition) is 0. The van der Waals surface area contributed by atoms with E-state index in [2.05, 4.69) is 4.99 Å². The lowest BCUT2D eigenvalue weighted by molar-refractivity contribution is 0.0853. The highest BCUT2D eigenvalue weighted by Crippen LogP contribution is 2.18. The normalized spacial score (nSPS) is 17.9. The lowest BCUT2D eigenvalue weighted by atomic mass is 10.1. The van der Waals surface area contributed by atoms with E-state index in [9.17, 15) is 4.79 Å². The molecule has 1 amide bonds. The van der Waals surface area contributed by atoms with Crippen molar-refractivity contribution in [3.05, 3.63) is 71.8 Å². The van der Waals surface area contributed by atoms with Crippen molar-refractivity contribution in [3.8, 4) is 0 Å². The van der Waals surface area contributed by atoms with Crippen LogP contribution in [0.2, 0.25) is 0 Å². The second-order valence-electron chi connectivity index (χ2n) is 4.95. The molecule has 0 aromatic heterocycles. The number of nitrogens with zero attached hydrogens (tertiary/aromatic N) is 2. The van der Waals surface area contributed by atoms with Crippen molar-refractivity contribution in [2.75, 3.05) is 6.54 Å². The lowest BCUT2D eigenvalue weighted by Gasteiger charge is -2.19. The number of benzene rings is 2. The summed E-state index contributed by atoms with van der Waals surface area (Å²) in [6.45, 7) is 2.67. The van der Waals surface area contributed by atoms with E-state index in [1.165, 1.54) is 0 Å². The first-order valence-corrected chi connectivity index (χ1v) is 6.76. The third-order valence-electron chi connectivity index (χ3n) is 3.34. The molecule has 1 unspecified atom stereocenters. The number of aliphatic imine (C=N–C) groups is 1. The fourth-order valence-electron chi connectivity index (χ4n) is 2.40. The summed E-state index contributed by atoms with van der Waals surface area (Å²) < 4.78 is 0. The molecule has 3 nitrogen and oxygen atoms in total. The molecule has 20 heavy (non-hydrogen) atoms. The minimum Gasteiger partial charge on any atom is -0.290 e. The van der Waals surface area contributed by atoms with Gasteiger partial charge in [-0.05, 0) is 19.1 Å². The van der Waals surface area contributed by atoms with E-state index in [0.29, 0.717) is 12.1 Å². The van der Waals surface area contributed by atoms with Crippen LogP contribution in [0.5, 0.6) is 0 Å². The molecule has 0 aliphatic carbocycles. The molecule has 0 N–H and O–H groups in total. The van der Waals surface area contributed by atoms with Gasteiger partial charge in [0.15, 0.2) is 0 Å². The van der Waals surface area contributed by atoms with E-state index >= 15 is 0 Å². The van der Waals surface area contributed by atoms with Gasteiger partial charge in [0.05, 0.1) is 6.04 Å². The predicted octanol–water partition coefficient (Wildman–Crippen LogP) is 2.98. The Morgan fingerprint density at radius 3 is 2.30 bits per heavy atom. The molecular formula is C17H16N2O. The molecule has 1 aliphatic heterocycles. The monoisotopic (exact) mass is 264 g/mol. The van der Waals surface area contributed by atoms with Crippen LogP contribution < -0.4 is 0 Å². The van der Waals surface area contributed by atoms with E-state index in [1.807, 2.05) is 67.6 Å². The second-order valence-corrected chi connectivity index (χ2v) is 4.95. The molecule has 2 aromatic rings. The number of amidine groups is 1. The van der Waals surface area contributed by atoms with Gasteiger partial charge in [0.2, 0.25) is 0 Å². The third-order valence-corrected chi connectivity index (χ3v) is 3.34. The van der Waals surface area contributed by atoms with Crippen LogP contribution in [-0.2, 0) is 0 Å². The maximum Gasteiger partial charge on any atom is 0.259 e. The van der Waals surface area contributed by atoms with Gasteiger partial charge in [-0.25, -0.2) is 0 Å². The molecule has 2 aromatic carbocycles. The summed E-state index contributed by atoms with van der Waals surface area (Å²) in [4.78, 5) is 19.0. The molecule has 3 rings (SSSR count). The zero-order valence-electron chi connectivity index (χ0n) is 11.4. The molecule has 100 valence electrons. The van der Waals surface area contributed by atoms with Crippen molar-refractivity contribution in [3.63, 3.8) is 0 Å². The van der Waals surface area contributed by atoms with Gasteiger partial charge in [-0.3, -0.25) is 14.7 Å². The van der Waals surface area contributed by atoms with Crippen molar-refractivity contribution >= 4 is 11.7 Å². The van der Waals surface area contributed by atoms with Gasteiger partial charge in [-0.15, -0.1) is 0 Å². The van der Waals surface area contributed by atoms with E-state index < -0.39 is 0 Å². The van der Waals surface area contributed by atoms with Gasteiger partial charge in [-0.1, -0.05) is 48.5 Å². The average Bonchev–Trinajstić information content (AvgIpc) is 2.90. The second kappa shape index (κ2) is 5.29. The molecule has 0 spiro atoms. The highest BCUT2D eigenvalue weighted by Gasteiger charge is 2.29. The van der Waals surface area contributed by atoms with Gasteiger partial charge in [0, 0.05) is 17.7 Å². The Balaban J connectivity index is 1.94. The van der Waals surface area contributed by atoms with Gasteiger partial charge in [0.25, 0.3) is 5.91 Å². The zero-order chi connectivity index (χ0) is 13.9. The van der Waals surface area contributed by atoms with E-state index in [0.717, 1.165) is 11.4 Å². The fraction of sp³-hybridized carbons (Fsp3) is 0.176. The Morgan fingerprint density at radius 1 is 1.05 bits per heavy atom. The molecule has 0 fully saturated rings. The molecule has 1 atom stereocenters. The third kappa shape index (κ3) is 2.35. The number of carbonyl (C=O) groups excluding carboxylic acids is 1. The van der Waals surface area contributed by atoms with Gasteiger partial charge < -0.3 is 0 Å². The first kappa shape index (κ1) is 12.6. The summed E-state index contributed by atoms with van der Waals surface area (Å²) in [5.41, 5.74) is 1.69. The molecular weight excluding hydrogens is 248 g/mol. The van der Waals surface area contributed by atoms with Crippen LogP contribution in [0.3, 0.4) is 0 Å². The largest absolute Gasteiger partial charge is 0.290 e. The smallest absolute Gasteiger partial charge is 0.259 e. The van der Waals surface area contributed by atoms with Crippen molar-refractivity contribution in [1.82, 2.24) is 4.90 Å². The van der Waals surface area contributed by atoms with Crippen LogP contribution >= 0.6 is 0 Å². The van der Waals surface area contributed by atoms with Crippen LogP contribution in [0, 0.1) is 0 Å². The molecule has 0 bridgehead atoms. The summed E-state index contributed by atoms with van der Waals surface area (Å²) in [7, 11) is 0. The maximum absolute atomic E-state index is 12.6. The minimum atomic E-state index is 0.0116. The van der Waals surface area contributed by atoms with Crippen molar-refractivity contribution < 1.29 is 4.79 Å². The number of hydrogen-bond acceptors (Lipinski definition) is 2. The Hall–Kier alpha value is -2.42. The van der Waals surface area contributed by atoms with E-state index in [1.54, 1.807) is 4.90 Å². The molecule has 0 radical (unpaired) electrons. The molecule has 3 heteroatoms. The Bertz CT molecular complexity index is 635. The zero-order valence-corrected chi connectivity index (χ0v) is 11.4. The van der Waals surface area contributed by atoms with E-state index in [4.69, 9.17) is 0 Å². The van der Waals surface area contributed by atoms with Crippen molar-refractivity contribution in [1.29, 1.82) is 0 Å². The molecule has 0 saturated carbocycles. The van der Waals surface area contributed by atoms with Gasteiger partial charge in [-0.2, -0.15) is 0 Å².